The van der Waals surface area contributed by atoms with Gasteiger partial charge < -0.3 is 19.7 Å². The number of unbranched alkanes of at least 4 members (excludes halogenated alkanes) is 4. The highest BCUT2D eigenvalue weighted by Gasteiger charge is 2.37. The number of rotatable bonds is 15. The minimum absolute atomic E-state index is 0.246. The average molecular weight is 521 g/mol. The van der Waals surface area contributed by atoms with Crippen molar-refractivity contribution in [2.75, 3.05) is 13.2 Å². The fraction of sp³-hybridized carbons (Fsp3) is 0.839. The lowest BCUT2D eigenvalue weighted by Gasteiger charge is -2.36. The first-order chi connectivity index (χ1) is 18.0. The van der Waals surface area contributed by atoms with Crippen LogP contribution in [0.25, 0.3) is 0 Å². The zero-order valence-electron chi connectivity index (χ0n) is 23.4. The zero-order chi connectivity index (χ0) is 26.3. The summed E-state index contributed by atoms with van der Waals surface area (Å²) in [6.07, 6.45) is 20.9. The molecule has 2 aliphatic heterocycles. The first-order valence-corrected chi connectivity index (χ1v) is 15.1. The SMILES string of the molecule is CCCCCCC=C[C@H]1CC[C@H](O)[C@@H]1CC(C)=C=CCCC(O)(OC1CCCCO1)OC1CCCCO1. The van der Waals surface area contributed by atoms with E-state index in [1.165, 1.54) is 25.7 Å². The molecule has 3 rings (SSSR count). The molecule has 2 saturated heterocycles. The molecule has 2 heterocycles. The molecule has 1 saturated carbocycles. The molecule has 0 bridgehead atoms. The molecule has 6 nitrogen and oxygen atoms in total. The van der Waals surface area contributed by atoms with Gasteiger partial charge in [0.25, 0.3) is 5.97 Å². The maximum atomic E-state index is 11.2. The van der Waals surface area contributed by atoms with E-state index in [2.05, 4.69) is 31.7 Å². The monoisotopic (exact) mass is 520 g/mol. The van der Waals surface area contributed by atoms with Crippen molar-refractivity contribution in [3.63, 3.8) is 0 Å². The summed E-state index contributed by atoms with van der Waals surface area (Å²) >= 11 is 0. The summed E-state index contributed by atoms with van der Waals surface area (Å²) in [5.74, 6) is -1.05. The number of hydrogen-bond acceptors (Lipinski definition) is 6. The normalized spacial score (nSPS) is 30.2. The highest BCUT2D eigenvalue weighted by atomic mass is 16.9. The van der Waals surface area contributed by atoms with E-state index >= 15 is 0 Å². The van der Waals surface area contributed by atoms with Crippen molar-refractivity contribution in [2.24, 2.45) is 11.8 Å². The van der Waals surface area contributed by atoms with Crippen LogP contribution in [0.2, 0.25) is 0 Å². The van der Waals surface area contributed by atoms with Crippen LogP contribution in [-0.2, 0) is 18.9 Å². The van der Waals surface area contributed by atoms with E-state index in [0.29, 0.717) is 25.6 Å². The Labute approximate surface area is 225 Å². The lowest BCUT2D eigenvalue weighted by Crippen LogP contribution is -2.45. The number of hydrogen-bond donors (Lipinski definition) is 2. The number of aliphatic hydroxyl groups excluding tert-OH is 1. The Bertz CT molecular complexity index is 695. The largest absolute Gasteiger partial charge is 0.393 e. The summed E-state index contributed by atoms with van der Waals surface area (Å²) in [6, 6.07) is 0. The molecule has 0 spiro atoms. The standard InChI is InChI=1S/C31H52O6/c1-3-4-5-6-7-8-16-26-19-20-28(32)27(26)24-25(2)15-9-12-21-31(33,36-29-17-10-13-22-34-29)37-30-18-11-14-23-35-30/h8-9,16,26-30,32-33H,3-7,10-14,17-24H2,1-2H3/t15?,26-,27+,28-,29?,30?,31?/m0/s1. The summed E-state index contributed by atoms with van der Waals surface area (Å²) in [7, 11) is 0. The van der Waals surface area contributed by atoms with Gasteiger partial charge >= 0.3 is 0 Å². The molecule has 5 atom stereocenters. The molecule has 2 unspecified atom stereocenters. The van der Waals surface area contributed by atoms with Crippen LogP contribution in [0.1, 0.15) is 117 Å². The minimum Gasteiger partial charge on any atom is -0.393 e. The van der Waals surface area contributed by atoms with Gasteiger partial charge in [0.2, 0.25) is 0 Å². The van der Waals surface area contributed by atoms with Crippen molar-refractivity contribution in [3.05, 3.63) is 29.5 Å². The Balaban J connectivity index is 1.51. The quantitative estimate of drug-likeness (QED) is 0.106. The Morgan fingerprint density at radius 3 is 2.27 bits per heavy atom. The number of ether oxygens (including phenoxy) is 4. The zero-order valence-corrected chi connectivity index (χ0v) is 23.4. The molecule has 212 valence electrons. The van der Waals surface area contributed by atoms with E-state index in [1.807, 2.05) is 6.08 Å². The van der Waals surface area contributed by atoms with Crippen LogP contribution in [0.15, 0.2) is 29.5 Å². The lowest BCUT2D eigenvalue weighted by atomic mass is 9.88. The molecule has 0 aromatic carbocycles. The molecule has 0 amide bonds. The van der Waals surface area contributed by atoms with Gasteiger partial charge in [-0.1, -0.05) is 38.3 Å². The molecule has 3 aliphatic rings. The van der Waals surface area contributed by atoms with Crippen LogP contribution in [0.5, 0.6) is 0 Å². The summed E-state index contributed by atoms with van der Waals surface area (Å²) in [5.41, 5.74) is 4.52. The molecule has 0 radical (unpaired) electrons. The van der Waals surface area contributed by atoms with Gasteiger partial charge in [-0.25, -0.2) is 0 Å². The highest BCUT2D eigenvalue weighted by Crippen LogP contribution is 2.37. The topological polar surface area (TPSA) is 77.4 Å². The molecule has 0 aromatic rings. The molecule has 1 aliphatic carbocycles. The summed E-state index contributed by atoms with van der Waals surface area (Å²) in [5, 5.41) is 21.8. The average Bonchev–Trinajstić information content (AvgIpc) is 3.24. The van der Waals surface area contributed by atoms with Crippen molar-refractivity contribution < 1.29 is 29.2 Å². The molecule has 37 heavy (non-hydrogen) atoms. The van der Waals surface area contributed by atoms with Crippen LogP contribution in [0.3, 0.4) is 0 Å². The second kappa shape index (κ2) is 16.9. The molecule has 0 aromatic heterocycles. The predicted molar refractivity (Wildman–Crippen MR) is 146 cm³/mol. The molecular formula is C31H52O6. The van der Waals surface area contributed by atoms with Crippen LogP contribution < -0.4 is 0 Å². The van der Waals surface area contributed by atoms with Gasteiger partial charge in [0.05, 0.1) is 6.10 Å². The first-order valence-electron chi connectivity index (χ1n) is 15.1. The lowest BCUT2D eigenvalue weighted by molar-refractivity contribution is -0.441. The Morgan fingerprint density at radius 2 is 1.65 bits per heavy atom. The summed E-state index contributed by atoms with van der Waals surface area (Å²) in [6.45, 7) is 5.61. The minimum atomic E-state index is -1.75. The highest BCUT2D eigenvalue weighted by molar-refractivity contribution is 5.06. The van der Waals surface area contributed by atoms with E-state index in [-0.39, 0.29) is 18.4 Å². The van der Waals surface area contributed by atoms with Crippen LogP contribution >= 0.6 is 0 Å². The summed E-state index contributed by atoms with van der Waals surface area (Å²) < 4.78 is 23.2. The third kappa shape index (κ3) is 11.3. The maximum absolute atomic E-state index is 11.2. The molecular weight excluding hydrogens is 468 g/mol. The van der Waals surface area contributed by atoms with Crippen molar-refractivity contribution in [1.82, 2.24) is 0 Å². The van der Waals surface area contributed by atoms with Gasteiger partial charge in [0.1, 0.15) is 0 Å². The predicted octanol–water partition coefficient (Wildman–Crippen LogP) is 6.90. The second-order valence-corrected chi connectivity index (χ2v) is 11.2. The van der Waals surface area contributed by atoms with Gasteiger partial charge in [0.15, 0.2) is 12.6 Å². The van der Waals surface area contributed by atoms with Gasteiger partial charge in [0, 0.05) is 19.6 Å². The van der Waals surface area contributed by atoms with Gasteiger partial charge in [-0.15, -0.1) is 5.73 Å². The van der Waals surface area contributed by atoms with Crippen molar-refractivity contribution in [3.8, 4) is 0 Å². The Hall–Kier alpha value is -0.980. The van der Waals surface area contributed by atoms with E-state index in [0.717, 1.165) is 69.8 Å². The van der Waals surface area contributed by atoms with E-state index in [9.17, 15) is 10.2 Å². The molecule has 6 heteroatoms. The van der Waals surface area contributed by atoms with E-state index in [1.54, 1.807) is 0 Å². The van der Waals surface area contributed by atoms with Crippen molar-refractivity contribution >= 4 is 0 Å². The Kier molecular flexibility index (Phi) is 13.9. The third-order valence-electron chi connectivity index (χ3n) is 7.85. The van der Waals surface area contributed by atoms with Crippen molar-refractivity contribution in [1.29, 1.82) is 0 Å². The fourth-order valence-corrected chi connectivity index (χ4v) is 5.64. The molecule has 2 N–H and O–H groups in total. The fourth-order valence-electron chi connectivity index (χ4n) is 5.64. The van der Waals surface area contributed by atoms with E-state index < -0.39 is 18.6 Å². The van der Waals surface area contributed by atoms with Crippen molar-refractivity contribution in [2.45, 2.75) is 141 Å². The van der Waals surface area contributed by atoms with Crippen LogP contribution in [0, 0.1) is 11.8 Å². The van der Waals surface area contributed by atoms with E-state index in [4.69, 9.17) is 18.9 Å². The van der Waals surface area contributed by atoms with Crippen LogP contribution in [-0.4, -0.2) is 48.1 Å². The second-order valence-electron chi connectivity index (χ2n) is 11.2. The van der Waals surface area contributed by atoms with Gasteiger partial charge in [-0.2, -0.15) is 0 Å². The summed E-state index contributed by atoms with van der Waals surface area (Å²) in [4.78, 5) is 0. The molecule has 3 fully saturated rings. The first kappa shape index (κ1) is 30.6. The smallest absolute Gasteiger partial charge is 0.285 e. The Morgan fingerprint density at radius 1 is 0.946 bits per heavy atom. The number of aliphatic hydroxyl groups is 2. The van der Waals surface area contributed by atoms with Gasteiger partial charge in [-0.3, -0.25) is 9.47 Å². The third-order valence-corrected chi connectivity index (χ3v) is 7.85. The van der Waals surface area contributed by atoms with Crippen LogP contribution in [0.4, 0.5) is 0 Å². The number of allylic oxidation sites excluding steroid dienone is 3. The maximum Gasteiger partial charge on any atom is 0.285 e. The van der Waals surface area contributed by atoms with Gasteiger partial charge in [-0.05, 0) is 107 Å².